The molecule has 0 heterocycles. The molecule has 0 saturated heterocycles. The molecule has 0 aliphatic heterocycles. The highest BCUT2D eigenvalue weighted by Gasteiger charge is 2.35. The van der Waals surface area contributed by atoms with E-state index in [1.165, 1.54) is 6.07 Å². The first-order valence-corrected chi connectivity index (χ1v) is 12.4. The Labute approximate surface area is 236 Å². The van der Waals surface area contributed by atoms with Crippen LogP contribution in [0.3, 0.4) is 0 Å². The summed E-state index contributed by atoms with van der Waals surface area (Å²) in [6.07, 6.45) is 0. The van der Waals surface area contributed by atoms with Crippen molar-refractivity contribution in [2.45, 2.75) is 0 Å². The molecule has 5 aromatic rings. The van der Waals surface area contributed by atoms with Gasteiger partial charge in [0.2, 0.25) is 11.6 Å². The molecule has 0 atom stereocenters. The van der Waals surface area contributed by atoms with E-state index < -0.39 is 92.1 Å². The molecule has 0 bridgehead atoms. The summed E-state index contributed by atoms with van der Waals surface area (Å²) in [5, 5.41) is -0.561. The summed E-state index contributed by atoms with van der Waals surface area (Å²) in [5.74, 6) is -25.2. The maximum atomic E-state index is 15.2. The predicted molar refractivity (Wildman–Crippen MR) is 131 cm³/mol. The summed E-state index contributed by atoms with van der Waals surface area (Å²) < 4.78 is 175. The zero-order valence-electron chi connectivity index (χ0n) is 21.2. The molecule has 7 rings (SSSR count). The Kier molecular flexibility index (Phi) is 5.85. The van der Waals surface area contributed by atoms with Crippen LogP contribution in [0.4, 0.5) is 52.7 Å². The molecule has 12 heteroatoms. The summed E-state index contributed by atoms with van der Waals surface area (Å²) in [6, 6.07) is 7.99. The van der Waals surface area contributed by atoms with E-state index in [9.17, 15) is 35.1 Å². The first-order chi connectivity index (χ1) is 20.8. The number of benzene rings is 5. The zero-order chi connectivity index (χ0) is 31.5. The number of hydrogen-bond acceptors (Lipinski definition) is 0. The van der Waals surface area contributed by atoms with Crippen molar-refractivity contribution in [2.24, 2.45) is 0 Å². The molecular formula is C32H8F12. The van der Waals surface area contributed by atoms with Gasteiger partial charge in [0.05, 0.1) is 11.1 Å². The summed E-state index contributed by atoms with van der Waals surface area (Å²) in [6.45, 7) is 0. The summed E-state index contributed by atoms with van der Waals surface area (Å²) in [4.78, 5) is 0. The minimum atomic E-state index is -2.46. The van der Waals surface area contributed by atoms with Crippen molar-refractivity contribution in [3.05, 3.63) is 161 Å². The van der Waals surface area contributed by atoms with Crippen molar-refractivity contribution in [1.29, 1.82) is 0 Å². The molecule has 0 spiro atoms. The molecule has 0 amide bonds. The zero-order valence-corrected chi connectivity index (χ0v) is 21.2. The van der Waals surface area contributed by atoms with Gasteiger partial charge in [0.1, 0.15) is 11.6 Å². The Morgan fingerprint density at radius 2 is 0.705 bits per heavy atom. The lowest BCUT2D eigenvalue weighted by Crippen LogP contribution is -2.15. The average Bonchev–Trinajstić information content (AvgIpc) is 3.47. The molecule has 2 aliphatic rings. The maximum Gasteiger partial charge on any atom is 0.200 e. The van der Waals surface area contributed by atoms with E-state index >= 15 is 17.6 Å². The fourth-order valence-corrected chi connectivity index (χ4v) is 5.85. The minimum Gasteiger partial charge on any atom is -0.207 e. The smallest absolute Gasteiger partial charge is 0.200 e. The van der Waals surface area contributed by atoms with E-state index in [1.54, 1.807) is 0 Å². The third-order valence-corrected chi connectivity index (χ3v) is 7.70. The standard InChI is InChI=1S/C32H8F12/c33-9-1-3-11-13-7-14-12-4-2-10(34)6-16(12)20(22-25(37)29(41)32(44)30(42)26(22)38)18(14)8-17(13)19(15(11)5-9)21-23(35)27(39)31(43)28(40)24(21)36/h1-8H. The van der Waals surface area contributed by atoms with Crippen LogP contribution in [0.2, 0.25) is 0 Å². The van der Waals surface area contributed by atoms with Crippen molar-refractivity contribution < 1.29 is 52.7 Å². The van der Waals surface area contributed by atoms with Gasteiger partial charge in [-0.25, -0.2) is 52.7 Å². The van der Waals surface area contributed by atoms with Crippen LogP contribution in [-0.2, 0) is 0 Å². The van der Waals surface area contributed by atoms with Gasteiger partial charge in [-0.3, -0.25) is 0 Å². The topological polar surface area (TPSA) is 0 Å². The highest BCUT2D eigenvalue weighted by atomic mass is 19.2. The highest BCUT2D eigenvalue weighted by molar-refractivity contribution is 5.97. The van der Waals surface area contributed by atoms with Crippen LogP contribution in [0.5, 0.6) is 0 Å². The fourth-order valence-electron chi connectivity index (χ4n) is 5.85. The van der Waals surface area contributed by atoms with Crippen LogP contribution in [0.15, 0.2) is 48.5 Å². The number of halogens is 12. The van der Waals surface area contributed by atoms with Crippen LogP contribution < -0.4 is 10.4 Å². The lowest BCUT2D eigenvalue weighted by molar-refractivity contribution is 0.376. The van der Waals surface area contributed by atoms with E-state index in [2.05, 4.69) is 0 Å². The quantitative estimate of drug-likeness (QED) is 0.107. The maximum absolute atomic E-state index is 15.2. The van der Waals surface area contributed by atoms with Gasteiger partial charge in [-0.1, -0.05) is 12.1 Å². The number of rotatable bonds is 2. The average molecular weight is 620 g/mol. The SMILES string of the molecule is Fc1ccc2c(c1)C(c1c(F)c(F)c(F)c(F)c1F)=c1cc3c(cc1-2)=c1ccc(F)cc1=C3c1c(F)c(F)c(F)c(F)c1F. The largest absolute Gasteiger partial charge is 0.207 e. The summed E-state index contributed by atoms with van der Waals surface area (Å²) in [5.41, 5.74) is -4.88. The molecule has 0 nitrogen and oxygen atoms in total. The molecule has 0 fully saturated rings. The normalized spacial score (nSPS) is 12.9. The highest BCUT2D eigenvalue weighted by Crippen LogP contribution is 2.41. The van der Waals surface area contributed by atoms with E-state index in [0.717, 1.165) is 42.5 Å². The van der Waals surface area contributed by atoms with Crippen molar-refractivity contribution in [3.63, 3.8) is 0 Å². The Morgan fingerprint density at radius 1 is 0.273 bits per heavy atom. The molecular weight excluding hydrogens is 612 g/mol. The van der Waals surface area contributed by atoms with Crippen LogP contribution in [-0.4, -0.2) is 0 Å². The van der Waals surface area contributed by atoms with Gasteiger partial charge in [0, 0.05) is 11.1 Å². The lowest BCUT2D eigenvalue weighted by atomic mass is 9.93. The molecule has 0 N–H and O–H groups in total. The molecule has 44 heavy (non-hydrogen) atoms. The Hall–Kier alpha value is -5.00. The second kappa shape index (κ2) is 9.25. The van der Waals surface area contributed by atoms with Crippen molar-refractivity contribution >= 4 is 11.1 Å². The molecule has 2 aliphatic carbocycles. The Balaban J connectivity index is 1.71. The van der Waals surface area contributed by atoms with Crippen LogP contribution in [0.25, 0.3) is 22.3 Å². The summed E-state index contributed by atoms with van der Waals surface area (Å²) in [7, 11) is 0. The number of fused-ring (bicyclic) bond motifs is 5. The molecule has 0 unspecified atom stereocenters. The van der Waals surface area contributed by atoms with Crippen molar-refractivity contribution in [2.75, 3.05) is 0 Å². The van der Waals surface area contributed by atoms with Gasteiger partial charge in [-0.15, -0.1) is 0 Å². The third kappa shape index (κ3) is 3.50. The first kappa shape index (κ1) is 27.8. The monoisotopic (exact) mass is 620 g/mol. The van der Waals surface area contributed by atoms with E-state index in [1.807, 2.05) is 0 Å². The van der Waals surface area contributed by atoms with E-state index in [-0.39, 0.29) is 43.1 Å². The third-order valence-electron chi connectivity index (χ3n) is 7.70. The predicted octanol–water partition coefficient (Wildman–Crippen LogP) is 7.43. The van der Waals surface area contributed by atoms with Crippen LogP contribution >= 0.6 is 0 Å². The van der Waals surface area contributed by atoms with Gasteiger partial charge in [0.15, 0.2) is 46.5 Å². The Bertz CT molecular complexity index is 2350. The molecule has 0 aromatic heterocycles. The Morgan fingerprint density at radius 3 is 1.25 bits per heavy atom. The molecule has 0 radical (unpaired) electrons. The minimum absolute atomic E-state index is 0.0339. The van der Waals surface area contributed by atoms with Gasteiger partial charge in [-0.2, -0.15) is 0 Å². The molecule has 0 saturated carbocycles. The van der Waals surface area contributed by atoms with Gasteiger partial charge in [-0.05, 0) is 79.5 Å². The summed E-state index contributed by atoms with van der Waals surface area (Å²) >= 11 is 0. The van der Waals surface area contributed by atoms with Crippen molar-refractivity contribution in [1.82, 2.24) is 0 Å². The number of hydrogen-bond donors (Lipinski definition) is 0. The van der Waals surface area contributed by atoms with E-state index in [0.29, 0.717) is 0 Å². The second-order valence-corrected chi connectivity index (χ2v) is 9.96. The van der Waals surface area contributed by atoms with Gasteiger partial charge >= 0.3 is 0 Å². The molecule has 220 valence electrons. The fraction of sp³-hybridized carbons (Fsp3) is 0. The van der Waals surface area contributed by atoms with Crippen LogP contribution in [0.1, 0.15) is 22.3 Å². The first-order valence-electron chi connectivity index (χ1n) is 12.4. The van der Waals surface area contributed by atoms with Gasteiger partial charge in [0.25, 0.3) is 0 Å². The van der Waals surface area contributed by atoms with E-state index in [4.69, 9.17) is 0 Å². The lowest BCUT2D eigenvalue weighted by Gasteiger charge is -2.13. The van der Waals surface area contributed by atoms with Gasteiger partial charge < -0.3 is 0 Å². The second-order valence-electron chi connectivity index (χ2n) is 9.96. The molecule has 5 aromatic carbocycles. The van der Waals surface area contributed by atoms with Crippen LogP contribution in [0, 0.1) is 80.2 Å². The van der Waals surface area contributed by atoms with Crippen molar-refractivity contribution in [3.8, 4) is 11.1 Å².